The fourth-order valence-electron chi connectivity index (χ4n) is 5.95. The Morgan fingerprint density at radius 1 is 1.13 bits per heavy atom. The predicted molar refractivity (Wildman–Crippen MR) is 141 cm³/mol. The van der Waals surface area contributed by atoms with E-state index in [1.807, 2.05) is 6.07 Å². The Kier molecular flexibility index (Phi) is 6.44. The van der Waals surface area contributed by atoms with Gasteiger partial charge in [0, 0.05) is 61.5 Å². The van der Waals surface area contributed by atoms with Gasteiger partial charge in [-0.05, 0) is 63.9 Å². The number of rotatable bonds is 6. The van der Waals surface area contributed by atoms with Crippen LogP contribution < -0.4 is 10.6 Å². The van der Waals surface area contributed by atoms with Gasteiger partial charge in [0.2, 0.25) is 11.8 Å². The largest absolute Gasteiger partial charge is 0.381 e. The first-order chi connectivity index (χ1) is 18.3. The number of anilines is 1. The number of carbonyl (C=O) groups excluding carboxylic acids is 3. The highest BCUT2D eigenvalue weighted by Gasteiger charge is 2.40. The van der Waals surface area contributed by atoms with Crippen LogP contribution >= 0.6 is 0 Å². The molecular formula is C29H35FN4O4. The molecule has 0 aliphatic carbocycles. The lowest BCUT2D eigenvalue weighted by molar-refractivity contribution is -0.182. The number of benzene rings is 2. The van der Waals surface area contributed by atoms with E-state index in [-0.39, 0.29) is 43.0 Å². The second kappa shape index (κ2) is 9.78. The van der Waals surface area contributed by atoms with E-state index in [1.54, 1.807) is 24.3 Å². The highest BCUT2D eigenvalue weighted by Crippen LogP contribution is 2.33. The summed E-state index contributed by atoms with van der Waals surface area (Å²) >= 11 is 0. The van der Waals surface area contributed by atoms with Gasteiger partial charge in [0.25, 0.3) is 5.91 Å². The zero-order valence-electron chi connectivity index (χ0n) is 23.3. The van der Waals surface area contributed by atoms with Crippen molar-refractivity contribution in [3.8, 4) is 0 Å². The van der Waals surface area contributed by atoms with Crippen molar-refractivity contribution in [3.63, 3.8) is 0 Å². The average molecular weight is 524 g/mol. The Labute approximate surface area is 223 Å². The van der Waals surface area contributed by atoms with Crippen LogP contribution in [0.1, 0.15) is 69.0 Å². The van der Waals surface area contributed by atoms with Gasteiger partial charge in [0.05, 0.1) is 12.6 Å². The van der Waals surface area contributed by atoms with Crippen molar-refractivity contribution in [1.29, 1.82) is 0 Å². The number of ether oxygens (including phenoxy) is 1. The molecule has 9 heteroatoms. The van der Waals surface area contributed by atoms with Crippen molar-refractivity contribution < 1.29 is 24.9 Å². The molecule has 0 radical (unpaired) electrons. The number of piperidine rings is 1. The molecule has 0 aromatic heterocycles. The average Bonchev–Trinajstić information content (AvgIpc) is 3.18. The van der Waals surface area contributed by atoms with Crippen molar-refractivity contribution in [2.75, 3.05) is 18.4 Å². The van der Waals surface area contributed by atoms with Crippen LogP contribution in [0.25, 0.3) is 0 Å². The van der Waals surface area contributed by atoms with E-state index in [9.17, 15) is 18.8 Å². The van der Waals surface area contributed by atoms with E-state index in [0.29, 0.717) is 28.9 Å². The summed E-state index contributed by atoms with van der Waals surface area (Å²) in [4.78, 5) is 40.8. The molecule has 2 saturated heterocycles. The van der Waals surface area contributed by atoms with Gasteiger partial charge in [0.1, 0.15) is 11.8 Å². The van der Waals surface area contributed by atoms with Gasteiger partial charge >= 0.3 is 0 Å². The first-order valence-electron chi connectivity index (χ1n) is 13.5. The van der Waals surface area contributed by atoms with Crippen LogP contribution in [0, 0.1) is 5.82 Å². The first kappa shape index (κ1) is 25.0. The summed E-state index contributed by atoms with van der Waals surface area (Å²) in [6.45, 7) is 10.8. The molecule has 2 aromatic rings. The second-order valence-electron chi connectivity index (χ2n) is 11.6. The van der Waals surface area contributed by atoms with E-state index < -0.39 is 23.7 Å². The van der Waals surface area contributed by atoms with Gasteiger partial charge in [-0.3, -0.25) is 24.6 Å². The third-order valence-corrected chi connectivity index (χ3v) is 7.14. The Bertz CT molecular complexity index is 1330. The lowest BCUT2D eigenvalue weighted by atomic mass is 9.98. The molecule has 1 unspecified atom stereocenters. The van der Waals surface area contributed by atoms with Crippen LogP contribution in [-0.4, -0.2) is 57.8 Å². The normalized spacial score (nSPS) is 25.1. The van der Waals surface area contributed by atoms with Crippen molar-refractivity contribution in [2.45, 2.75) is 77.4 Å². The maximum absolute atomic E-state index is 14.8. The molecular weight excluding hydrogens is 487 g/mol. The maximum atomic E-state index is 14.8. The lowest BCUT2D eigenvalue weighted by Gasteiger charge is -2.47. The molecule has 1 atom stereocenters. The minimum absolute atomic E-state index is 0.00443. The number of hydrogen-bond acceptors (Lipinski definition) is 6. The highest BCUT2D eigenvalue weighted by atomic mass is 19.1. The van der Waals surface area contributed by atoms with E-state index in [1.165, 1.54) is 11.0 Å². The van der Waals surface area contributed by atoms with Gasteiger partial charge in [-0.25, -0.2) is 4.39 Å². The van der Waals surface area contributed by atoms with Gasteiger partial charge in [-0.2, -0.15) is 0 Å². The minimum atomic E-state index is -1.86. The van der Waals surface area contributed by atoms with Crippen LogP contribution in [-0.2, 0) is 34.0 Å². The summed E-state index contributed by atoms with van der Waals surface area (Å²) in [5, 5.41) is 5.44. The smallest absolute Gasteiger partial charge is 0.255 e. The summed E-state index contributed by atoms with van der Waals surface area (Å²) in [5.74, 6) is -1.99. The Balaban J connectivity index is 1.31. The molecule has 0 saturated carbocycles. The van der Waals surface area contributed by atoms with E-state index >= 15 is 0 Å². The monoisotopic (exact) mass is 523 g/mol. The van der Waals surface area contributed by atoms with E-state index in [4.69, 9.17) is 6.11 Å². The zero-order valence-corrected chi connectivity index (χ0v) is 22.3. The standard InChI is InChI=1S/C29H35FN4O4/c1-28(2)16-33(17-29(3,4)38-28)14-18-8-9-22(30)19(12-18)13-31-23-7-5-6-20-21(23)15-34(27(20)37)24-10-11-25(35)32-26(24)36/h5-9,12,24,31H,10-11,13-17H2,1-4H3,(H,32,35,36)/i24D. The molecule has 2 fully saturated rings. The number of imide groups is 1. The summed E-state index contributed by atoms with van der Waals surface area (Å²) in [6.07, 6.45) is -0.0643. The summed E-state index contributed by atoms with van der Waals surface area (Å²) in [5.41, 5.74) is 2.61. The molecule has 8 nitrogen and oxygen atoms in total. The molecule has 38 heavy (non-hydrogen) atoms. The molecule has 2 N–H and O–H groups in total. The number of nitrogens with one attached hydrogen (secondary N) is 2. The van der Waals surface area contributed by atoms with Gasteiger partial charge in [-0.1, -0.05) is 12.1 Å². The third-order valence-electron chi connectivity index (χ3n) is 7.14. The molecule has 0 spiro atoms. The molecule has 3 heterocycles. The Morgan fingerprint density at radius 2 is 1.87 bits per heavy atom. The number of carbonyl (C=O) groups is 3. The van der Waals surface area contributed by atoms with Crippen molar-refractivity contribution >= 4 is 23.4 Å². The van der Waals surface area contributed by atoms with Crippen LogP contribution in [0.2, 0.25) is 0 Å². The van der Waals surface area contributed by atoms with Gasteiger partial charge in [-0.15, -0.1) is 0 Å². The lowest BCUT2D eigenvalue weighted by Crippen LogP contribution is -2.56. The fourth-order valence-corrected chi connectivity index (χ4v) is 5.95. The van der Waals surface area contributed by atoms with Gasteiger partial charge in [0.15, 0.2) is 0 Å². The summed E-state index contributed by atoms with van der Waals surface area (Å²) < 4.78 is 29.7. The molecule has 5 rings (SSSR count). The maximum Gasteiger partial charge on any atom is 0.255 e. The van der Waals surface area contributed by atoms with Crippen LogP contribution in [0.5, 0.6) is 0 Å². The van der Waals surface area contributed by atoms with E-state index in [2.05, 4.69) is 43.2 Å². The van der Waals surface area contributed by atoms with Crippen LogP contribution in [0.15, 0.2) is 36.4 Å². The summed E-state index contributed by atoms with van der Waals surface area (Å²) in [6, 6.07) is 8.47. The van der Waals surface area contributed by atoms with Crippen LogP contribution in [0.4, 0.5) is 10.1 Å². The molecule has 0 bridgehead atoms. The number of amides is 3. The quantitative estimate of drug-likeness (QED) is 0.563. The molecule has 202 valence electrons. The van der Waals surface area contributed by atoms with Crippen molar-refractivity contribution in [3.05, 3.63) is 64.5 Å². The second-order valence-corrected chi connectivity index (χ2v) is 11.6. The third kappa shape index (κ3) is 5.44. The molecule has 2 aromatic carbocycles. The highest BCUT2D eigenvalue weighted by molar-refractivity contribution is 6.06. The first-order valence-corrected chi connectivity index (χ1v) is 13.0. The number of morpholine rings is 1. The minimum Gasteiger partial charge on any atom is -0.381 e. The number of nitrogens with zero attached hydrogens (tertiary/aromatic N) is 2. The Morgan fingerprint density at radius 3 is 2.58 bits per heavy atom. The number of hydrogen-bond donors (Lipinski definition) is 2. The van der Waals surface area contributed by atoms with Crippen molar-refractivity contribution in [2.24, 2.45) is 0 Å². The van der Waals surface area contributed by atoms with Crippen molar-refractivity contribution in [1.82, 2.24) is 15.1 Å². The SMILES string of the molecule is [2H]C1(N2Cc3c(NCc4cc(CN5CC(C)(C)OC(C)(C)C5)ccc4F)cccc3C2=O)CCC(=O)NC1=O. The molecule has 3 amide bonds. The zero-order chi connectivity index (χ0) is 28.2. The predicted octanol–water partition coefficient (Wildman–Crippen LogP) is 3.59. The number of halogens is 1. The molecule has 3 aliphatic rings. The fraction of sp³-hybridized carbons (Fsp3) is 0.483. The number of fused-ring (bicyclic) bond motifs is 1. The molecule has 3 aliphatic heterocycles. The topological polar surface area (TPSA) is 91.0 Å². The van der Waals surface area contributed by atoms with Gasteiger partial charge < -0.3 is 15.0 Å². The van der Waals surface area contributed by atoms with E-state index in [0.717, 1.165) is 18.7 Å². The Hall–Kier alpha value is -3.30. The summed E-state index contributed by atoms with van der Waals surface area (Å²) in [7, 11) is 0. The van der Waals surface area contributed by atoms with Crippen LogP contribution in [0.3, 0.4) is 0 Å².